The average molecular weight is 715 g/mol. The molecule has 0 unspecified atom stereocenters. The van der Waals surface area contributed by atoms with Crippen LogP contribution in [0.3, 0.4) is 0 Å². The fraction of sp³-hybridized carbons (Fsp3) is 0. The molecule has 7 aromatic carbocycles. The van der Waals surface area contributed by atoms with Crippen molar-refractivity contribution in [2.24, 2.45) is 0 Å². The van der Waals surface area contributed by atoms with Gasteiger partial charge in [0, 0.05) is 38.6 Å². The van der Waals surface area contributed by atoms with E-state index in [-0.39, 0.29) is 0 Å². The molecular formula is C52H34N4. The van der Waals surface area contributed by atoms with Crippen molar-refractivity contribution in [3.63, 3.8) is 0 Å². The smallest absolute Gasteiger partial charge is 0.161 e. The summed E-state index contributed by atoms with van der Waals surface area (Å²) >= 11 is 0. The van der Waals surface area contributed by atoms with Crippen LogP contribution in [0.25, 0.3) is 100 Å². The Bertz CT molecular complexity index is 2940. The van der Waals surface area contributed by atoms with Gasteiger partial charge >= 0.3 is 0 Å². The molecule has 0 spiro atoms. The van der Waals surface area contributed by atoms with Gasteiger partial charge in [-0.2, -0.15) is 0 Å². The molecule has 0 atom stereocenters. The quantitative estimate of drug-likeness (QED) is 0.154. The third-order valence-electron chi connectivity index (χ3n) is 10.3. The van der Waals surface area contributed by atoms with E-state index >= 15 is 0 Å². The first kappa shape index (κ1) is 33.0. The first-order valence-electron chi connectivity index (χ1n) is 18.8. The lowest BCUT2D eigenvalue weighted by atomic mass is 9.94. The van der Waals surface area contributed by atoms with Crippen molar-refractivity contribution in [2.45, 2.75) is 0 Å². The molecule has 3 heterocycles. The van der Waals surface area contributed by atoms with E-state index in [1.54, 1.807) is 0 Å². The van der Waals surface area contributed by atoms with Crippen LogP contribution in [0.15, 0.2) is 206 Å². The van der Waals surface area contributed by atoms with Gasteiger partial charge in [-0.3, -0.25) is 0 Å². The Morgan fingerprint density at radius 3 is 1.36 bits per heavy atom. The van der Waals surface area contributed by atoms with Crippen LogP contribution in [0.1, 0.15) is 0 Å². The van der Waals surface area contributed by atoms with Crippen LogP contribution >= 0.6 is 0 Å². The van der Waals surface area contributed by atoms with E-state index in [1.807, 2.05) is 48.5 Å². The van der Waals surface area contributed by atoms with Gasteiger partial charge in [0.05, 0.1) is 33.8 Å². The molecule has 0 saturated carbocycles. The SMILES string of the molecule is c1ccc(-c2cccc(-c3cc(-c4ccccc4)nc4c3ccc3ccc(-c5ccccc5-c5nc(-c6ccccc6)cc(-c6ccccc6)n5)nc34)c2)cc1. The largest absolute Gasteiger partial charge is 0.245 e. The Labute approximate surface area is 325 Å². The van der Waals surface area contributed by atoms with E-state index < -0.39 is 0 Å². The summed E-state index contributed by atoms with van der Waals surface area (Å²) in [5.41, 5.74) is 14.7. The number of benzene rings is 7. The predicted molar refractivity (Wildman–Crippen MR) is 231 cm³/mol. The monoisotopic (exact) mass is 714 g/mol. The standard InChI is InChI=1S/C52H34N4/c1-5-16-35(17-6-1)40-24-15-25-41(32-40)45-33-47(36-18-7-2-8-19-36)54-51-43(45)30-28-39-29-31-46(53-50(39)51)42-26-13-14-27-44(42)52-55-48(37-20-9-3-10-21-37)34-49(56-52)38-22-11-4-12-23-38/h1-34H. The maximum atomic E-state index is 5.44. The second kappa shape index (κ2) is 14.3. The van der Waals surface area contributed by atoms with Crippen LogP contribution in [-0.4, -0.2) is 19.9 Å². The van der Waals surface area contributed by atoms with E-state index in [2.05, 4.69) is 158 Å². The zero-order valence-corrected chi connectivity index (χ0v) is 30.4. The fourth-order valence-electron chi connectivity index (χ4n) is 7.50. The maximum absolute atomic E-state index is 5.44. The fourth-order valence-corrected chi connectivity index (χ4v) is 7.50. The van der Waals surface area contributed by atoms with Gasteiger partial charge < -0.3 is 0 Å². The molecule has 4 nitrogen and oxygen atoms in total. The van der Waals surface area contributed by atoms with Gasteiger partial charge in [0.2, 0.25) is 0 Å². The van der Waals surface area contributed by atoms with Gasteiger partial charge in [0.1, 0.15) is 0 Å². The zero-order chi connectivity index (χ0) is 37.3. The van der Waals surface area contributed by atoms with E-state index in [4.69, 9.17) is 19.9 Å². The Balaban J connectivity index is 1.17. The number of nitrogens with zero attached hydrogens (tertiary/aromatic N) is 4. The molecule has 0 fully saturated rings. The molecule has 0 aliphatic rings. The van der Waals surface area contributed by atoms with Crippen LogP contribution in [0.2, 0.25) is 0 Å². The van der Waals surface area contributed by atoms with Gasteiger partial charge in [0.25, 0.3) is 0 Å². The van der Waals surface area contributed by atoms with E-state index in [9.17, 15) is 0 Å². The van der Waals surface area contributed by atoms with Crippen molar-refractivity contribution >= 4 is 21.8 Å². The highest BCUT2D eigenvalue weighted by Crippen LogP contribution is 2.38. The Kier molecular flexibility index (Phi) is 8.47. The van der Waals surface area contributed by atoms with Gasteiger partial charge in [-0.05, 0) is 46.5 Å². The summed E-state index contributed by atoms with van der Waals surface area (Å²) in [6, 6.07) is 71.4. The molecule has 56 heavy (non-hydrogen) atoms. The van der Waals surface area contributed by atoms with Crippen LogP contribution in [0.5, 0.6) is 0 Å². The van der Waals surface area contributed by atoms with Crippen molar-refractivity contribution in [1.82, 2.24) is 19.9 Å². The molecule has 0 aliphatic carbocycles. The maximum Gasteiger partial charge on any atom is 0.161 e. The second-order valence-electron chi connectivity index (χ2n) is 13.8. The minimum atomic E-state index is 0.644. The molecule has 0 saturated heterocycles. The molecule has 0 radical (unpaired) electrons. The summed E-state index contributed by atoms with van der Waals surface area (Å²) in [6.07, 6.45) is 0. The Morgan fingerprint density at radius 1 is 0.250 bits per heavy atom. The van der Waals surface area contributed by atoms with Crippen LogP contribution in [0.4, 0.5) is 0 Å². The molecule has 0 bridgehead atoms. The lowest BCUT2D eigenvalue weighted by molar-refractivity contribution is 1.18. The van der Waals surface area contributed by atoms with E-state index in [0.29, 0.717) is 5.82 Å². The predicted octanol–water partition coefficient (Wildman–Crippen LogP) is 13.2. The zero-order valence-electron chi connectivity index (χ0n) is 30.4. The number of rotatable bonds is 7. The minimum Gasteiger partial charge on any atom is -0.245 e. The normalized spacial score (nSPS) is 11.2. The molecule has 262 valence electrons. The van der Waals surface area contributed by atoms with Crippen LogP contribution in [0, 0.1) is 0 Å². The van der Waals surface area contributed by atoms with Crippen LogP contribution in [-0.2, 0) is 0 Å². The molecule has 10 aromatic rings. The van der Waals surface area contributed by atoms with Gasteiger partial charge in [-0.1, -0.05) is 182 Å². The number of aromatic nitrogens is 4. The average Bonchev–Trinajstić information content (AvgIpc) is 3.29. The topological polar surface area (TPSA) is 51.6 Å². The van der Waals surface area contributed by atoms with E-state index in [0.717, 1.165) is 83.5 Å². The van der Waals surface area contributed by atoms with Gasteiger partial charge in [-0.25, -0.2) is 19.9 Å². The highest BCUT2D eigenvalue weighted by atomic mass is 14.9. The van der Waals surface area contributed by atoms with Crippen molar-refractivity contribution < 1.29 is 0 Å². The summed E-state index contributed by atoms with van der Waals surface area (Å²) in [4.78, 5) is 21.1. The third-order valence-corrected chi connectivity index (χ3v) is 10.3. The summed E-state index contributed by atoms with van der Waals surface area (Å²) < 4.78 is 0. The molecule has 3 aromatic heterocycles. The summed E-state index contributed by atoms with van der Waals surface area (Å²) in [5, 5.41) is 2.07. The highest BCUT2D eigenvalue weighted by molar-refractivity contribution is 6.10. The summed E-state index contributed by atoms with van der Waals surface area (Å²) in [5.74, 6) is 0.644. The lowest BCUT2D eigenvalue weighted by Gasteiger charge is -2.15. The summed E-state index contributed by atoms with van der Waals surface area (Å²) in [6.45, 7) is 0. The molecule has 4 heteroatoms. The first-order valence-corrected chi connectivity index (χ1v) is 18.8. The highest BCUT2D eigenvalue weighted by Gasteiger charge is 2.18. The number of hydrogen-bond acceptors (Lipinski definition) is 4. The van der Waals surface area contributed by atoms with Crippen molar-refractivity contribution in [3.05, 3.63) is 206 Å². The number of hydrogen-bond donors (Lipinski definition) is 0. The Hall–Kier alpha value is -7.56. The number of pyridine rings is 2. The van der Waals surface area contributed by atoms with Crippen molar-refractivity contribution in [1.29, 1.82) is 0 Å². The molecular weight excluding hydrogens is 681 g/mol. The van der Waals surface area contributed by atoms with Crippen molar-refractivity contribution in [3.8, 4) is 78.7 Å². The van der Waals surface area contributed by atoms with Crippen molar-refractivity contribution in [2.75, 3.05) is 0 Å². The molecule has 10 rings (SSSR count). The number of fused-ring (bicyclic) bond motifs is 3. The summed E-state index contributed by atoms with van der Waals surface area (Å²) in [7, 11) is 0. The third kappa shape index (κ3) is 6.29. The van der Waals surface area contributed by atoms with E-state index in [1.165, 1.54) is 11.1 Å². The minimum absolute atomic E-state index is 0.644. The first-order chi connectivity index (χ1) is 27.7. The van der Waals surface area contributed by atoms with Gasteiger partial charge in [-0.15, -0.1) is 0 Å². The molecule has 0 aliphatic heterocycles. The molecule has 0 amide bonds. The second-order valence-corrected chi connectivity index (χ2v) is 13.8. The molecule has 0 N–H and O–H groups in total. The Morgan fingerprint density at radius 2 is 0.732 bits per heavy atom. The lowest BCUT2D eigenvalue weighted by Crippen LogP contribution is -1.98. The van der Waals surface area contributed by atoms with Crippen LogP contribution < -0.4 is 0 Å². The van der Waals surface area contributed by atoms with Gasteiger partial charge in [0.15, 0.2) is 5.82 Å².